The molecule has 1 atom stereocenters. The standard InChI is InChI=1S/C14H22N2O5S/c1-4-7-15-12-6-5-11(14(17)18)8-13(12)22(19,20)16-10(2)9-21-3/h5-6,8,10,15-16H,4,7,9H2,1-3H3,(H,17,18)/t10-/m1/s1. The van der Waals surface area contributed by atoms with Crippen LogP contribution in [0.1, 0.15) is 30.6 Å². The summed E-state index contributed by atoms with van der Waals surface area (Å²) >= 11 is 0. The van der Waals surface area contributed by atoms with Crippen LogP contribution in [0.4, 0.5) is 5.69 Å². The normalized spacial score (nSPS) is 12.9. The summed E-state index contributed by atoms with van der Waals surface area (Å²) < 4.78 is 32.3. The van der Waals surface area contributed by atoms with Crippen molar-refractivity contribution < 1.29 is 23.1 Å². The minimum Gasteiger partial charge on any atom is -0.478 e. The number of sulfonamides is 1. The monoisotopic (exact) mass is 330 g/mol. The third-order valence-corrected chi connectivity index (χ3v) is 4.49. The van der Waals surface area contributed by atoms with Gasteiger partial charge in [-0.15, -0.1) is 0 Å². The highest BCUT2D eigenvalue weighted by atomic mass is 32.2. The fourth-order valence-electron chi connectivity index (χ4n) is 1.90. The molecule has 8 heteroatoms. The first-order valence-electron chi connectivity index (χ1n) is 6.94. The number of benzene rings is 1. The molecule has 0 saturated carbocycles. The lowest BCUT2D eigenvalue weighted by molar-refractivity contribution is 0.0696. The molecule has 124 valence electrons. The summed E-state index contributed by atoms with van der Waals surface area (Å²) in [7, 11) is -2.38. The fraction of sp³-hybridized carbons (Fsp3) is 0.500. The second kappa shape index (κ2) is 8.11. The van der Waals surface area contributed by atoms with Gasteiger partial charge in [0.2, 0.25) is 10.0 Å². The smallest absolute Gasteiger partial charge is 0.335 e. The van der Waals surface area contributed by atoms with Gasteiger partial charge in [0.25, 0.3) is 0 Å². The van der Waals surface area contributed by atoms with Crippen LogP contribution in [0.5, 0.6) is 0 Å². The van der Waals surface area contributed by atoms with Crippen molar-refractivity contribution in [2.45, 2.75) is 31.2 Å². The van der Waals surface area contributed by atoms with E-state index in [4.69, 9.17) is 9.84 Å². The molecule has 1 rings (SSSR count). The number of carboxylic acid groups (broad SMARTS) is 1. The number of nitrogens with one attached hydrogen (secondary N) is 2. The highest BCUT2D eigenvalue weighted by Gasteiger charge is 2.22. The average Bonchev–Trinajstić information content (AvgIpc) is 2.44. The Kier molecular flexibility index (Phi) is 6.79. The molecule has 0 aliphatic rings. The maximum atomic E-state index is 12.5. The molecule has 0 spiro atoms. The number of methoxy groups -OCH3 is 1. The maximum absolute atomic E-state index is 12.5. The Balaban J connectivity index is 3.21. The zero-order valence-electron chi connectivity index (χ0n) is 12.9. The number of carbonyl (C=O) groups is 1. The molecule has 1 aromatic carbocycles. The molecular formula is C14H22N2O5S. The largest absolute Gasteiger partial charge is 0.478 e. The molecule has 3 N–H and O–H groups in total. The average molecular weight is 330 g/mol. The van der Waals surface area contributed by atoms with E-state index in [9.17, 15) is 13.2 Å². The van der Waals surface area contributed by atoms with E-state index in [0.29, 0.717) is 12.2 Å². The van der Waals surface area contributed by atoms with E-state index in [1.165, 1.54) is 19.2 Å². The zero-order chi connectivity index (χ0) is 16.8. The Hall–Kier alpha value is -1.64. The second-order valence-electron chi connectivity index (χ2n) is 4.92. The summed E-state index contributed by atoms with van der Waals surface area (Å²) in [5, 5.41) is 12.0. The van der Waals surface area contributed by atoms with Crippen LogP contribution in [-0.2, 0) is 14.8 Å². The van der Waals surface area contributed by atoms with Crippen molar-refractivity contribution in [3.05, 3.63) is 23.8 Å². The number of hydrogen-bond donors (Lipinski definition) is 3. The first-order valence-corrected chi connectivity index (χ1v) is 8.42. The molecule has 1 aromatic rings. The van der Waals surface area contributed by atoms with Crippen molar-refractivity contribution >= 4 is 21.7 Å². The molecule has 0 fully saturated rings. The lowest BCUT2D eigenvalue weighted by Gasteiger charge is -2.17. The van der Waals surface area contributed by atoms with E-state index in [0.717, 1.165) is 12.5 Å². The van der Waals surface area contributed by atoms with Gasteiger partial charge in [0.05, 0.1) is 17.9 Å². The molecule has 0 aliphatic heterocycles. The fourth-order valence-corrected chi connectivity index (χ4v) is 3.33. The Labute approximate surface area is 130 Å². The number of carboxylic acids is 1. The van der Waals surface area contributed by atoms with Crippen LogP contribution >= 0.6 is 0 Å². The topological polar surface area (TPSA) is 105 Å². The maximum Gasteiger partial charge on any atom is 0.335 e. The van der Waals surface area contributed by atoms with E-state index in [-0.39, 0.29) is 17.1 Å². The molecule has 0 saturated heterocycles. The van der Waals surface area contributed by atoms with E-state index >= 15 is 0 Å². The zero-order valence-corrected chi connectivity index (χ0v) is 13.7. The first kappa shape index (κ1) is 18.4. The minimum absolute atomic E-state index is 0.0798. The van der Waals surface area contributed by atoms with Gasteiger partial charge in [-0.05, 0) is 31.5 Å². The van der Waals surface area contributed by atoms with Gasteiger partial charge in [0, 0.05) is 19.7 Å². The molecule has 0 unspecified atom stereocenters. The molecule has 0 bridgehead atoms. The van der Waals surface area contributed by atoms with Gasteiger partial charge in [-0.1, -0.05) is 6.92 Å². The van der Waals surface area contributed by atoms with Gasteiger partial charge in [-0.3, -0.25) is 0 Å². The van der Waals surface area contributed by atoms with E-state index in [1.807, 2.05) is 6.92 Å². The number of anilines is 1. The summed E-state index contributed by atoms with van der Waals surface area (Å²) in [6.07, 6.45) is 0.813. The van der Waals surface area contributed by atoms with Crippen LogP contribution in [-0.4, -0.2) is 45.8 Å². The molecule has 0 amide bonds. The summed E-state index contributed by atoms with van der Waals surface area (Å²) in [6, 6.07) is 3.57. The quantitative estimate of drug-likeness (QED) is 0.634. The lowest BCUT2D eigenvalue weighted by atomic mass is 10.2. The Bertz CT molecular complexity index is 616. The van der Waals surface area contributed by atoms with E-state index < -0.39 is 22.0 Å². The second-order valence-corrected chi connectivity index (χ2v) is 6.60. The Morgan fingerprint density at radius 1 is 1.41 bits per heavy atom. The van der Waals surface area contributed by atoms with E-state index in [1.54, 1.807) is 6.92 Å². The van der Waals surface area contributed by atoms with Crippen molar-refractivity contribution in [3.63, 3.8) is 0 Å². The summed E-state index contributed by atoms with van der Waals surface area (Å²) in [6.45, 7) is 4.42. The molecule has 0 aromatic heterocycles. The predicted molar refractivity (Wildman–Crippen MR) is 83.8 cm³/mol. The van der Waals surface area contributed by atoms with Crippen LogP contribution < -0.4 is 10.0 Å². The van der Waals surface area contributed by atoms with E-state index in [2.05, 4.69) is 10.0 Å². The van der Waals surface area contributed by atoms with Crippen molar-refractivity contribution in [3.8, 4) is 0 Å². The molecule has 0 aliphatic carbocycles. The SMILES string of the molecule is CCCNc1ccc(C(=O)O)cc1S(=O)(=O)N[C@H](C)COC. The molecule has 0 radical (unpaired) electrons. The van der Waals surface area contributed by atoms with Crippen molar-refractivity contribution in [2.75, 3.05) is 25.6 Å². The van der Waals surface area contributed by atoms with Gasteiger partial charge in [-0.25, -0.2) is 17.9 Å². The number of rotatable bonds is 9. The van der Waals surface area contributed by atoms with Gasteiger partial charge < -0.3 is 15.2 Å². The Morgan fingerprint density at radius 2 is 2.09 bits per heavy atom. The van der Waals surface area contributed by atoms with Gasteiger partial charge in [0.15, 0.2) is 0 Å². The highest BCUT2D eigenvalue weighted by molar-refractivity contribution is 7.89. The molecule has 0 heterocycles. The minimum atomic E-state index is -3.85. The van der Waals surface area contributed by atoms with Gasteiger partial charge in [0.1, 0.15) is 4.90 Å². The Morgan fingerprint density at radius 3 is 2.64 bits per heavy atom. The van der Waals surface area contributed by atoms with Crippen LogP contribution in [0.2, 0.25) is 0 Å². The summed E-state index contributed by atoms with van der Waals surface area (Å²) in [5.41, 5.74) is 0.297. The van der Waals surface area contributed by atoms with Crippen molar-refractivity contribution in [1.82, 2.24) is 4.72 Å². The lowest BCUT2D eigenvalue weighted by Crippen LogP contribution is -2.36. The highest BCUT2D eigenvalue weighted by Crippen LogP contribution is 2.23. The summed E-state index contributed by atoms with van der Waals surface area (Å²) in [5.74, 6) is -1.18. The van der Waals surface area contributed by atoms with Crippen molar-refractivity contribution in [1.29, 1.82) is 0 Å². The third-order valence-electron chi connectivity index (χ3n) is 2.86. The summed E-state index contributed by atoms with van der Waals surface area (Å²) in [4.78, 5) is 11.0. The first-order chi connectivity index (χ1) is 10.3. The van der Waals surface area contributed by atoms with Crippen molar-refractivity contribution in [2.24, 2.45) is 0 Å². The van der Waals surface area contributed by atoms with Gasteiger partial charge >= 0.3 is 5.97 Å². The van der Waals surface area contributed by atoms with Crippen LogP contribution in [0.25, 0.3) is 0 Å². The molecule has 22 heavy (non-hydrogen) atoms. The number of hydrogen-bond acceptors (Lipinski definition) is 5. The number of ether oxygens (including phenoxy) is 1. The predicted octanol–water partition coefficient (Wildman–Crippen LogP) is 1.52. The third kappa shape index (κ3) is 4.97. The van der Waals surface area contributed by atoms with Crippen LogP contribution in [0.15, 0.2) is 23.1 Å². The van der Waals surface area contributed by atoms with Crippen LogP contribution in [0, 0.1) is 0 Å². The number of aromatic carboxylic acids is 1. The molecular weight excluding hydrogens is 308 g/mol. The van der Waals surface area contributed by atoms with Gasteiger partial charge in [-0.2, -0.15) is 0 Å². The van der Waals surface area contributed by atoms with Crippen LogP contribution in [0.3, 0.4) is 0 Å². The molecule has 7 nitrogen and oxygen atoms in total.